The lowest BCUT2D eigenvalue weighted by molar-refractivity contribution is -0.191. The van der Waals surface area contributed by atoms with E-state index in [0.29, 0.717) is 0 Å². The Morgan fingerprint density at radius 1 is 1.12 bits per heavy atom. The summed E-state index contributed by atoms with van der Waals surface area (Å²) in [7, 11) is 0. The van der Waals surface area contributed by atoms with Crippen LogP contribution in [-0.4, -0.2) is 34.2 Å². The highest BCUT2D eigenvalue weighted by Gasteiger charge is 2.71. The molecule has 1 atom stereocenters. The molecule has 10 heteroatoms. The van der Waals surface area contributed by atoms with Crippen LogP contribution in [0.5, 0.6) is 0 Å². The number of nitrogens with one attached hydrogen (secondary N) is 1. The van der Waals surface area contributed by atoms with Gasteiger partial charge in [0.15, 0.2) is 5.78 Å². The first-order valence-electron chi connectivity index (χ1n) is 10.1. The van der Waals surface area contributed by atoms with Crippen LogP contribution in [0.15, 0.2) is 58.3 Å². The quantitative estimate of drug-likeness (QED) is 0.690. The van der Waals surface area contributed by atoms with E-state index in [1.54, 1.807) is 19.2 Å². The lowest BCUT2D eigenvalue weighted by Crippen LogP contribution is -2.66. The Morgan fingerprint density at radius 3 is 2.36 bits per heavy atom. The average Bonchev–Trinajstić information content (AvgIpc) is 3.29. The molecule has 2 aliphatic rings. The minimum Gasteiger partial charge on any atom is -0.467 e. The Labute approximate surface area is 186 Å². The van der Waals surface area contributed by atoms with Gasteiger partial charge in [-0.15, -0.1) is 0 Å². The lowest BCUT2D eigenvalue weighted by atomic mass is 9.72. The highest BCUT2D eigenvalue weighted by molar-refractivity contribution is 6.14. The van der Waals surface area contributed by atoms with E-state index in [1.165, 1.54) is 18.4 Å². The molecule has 0 saturated heterocycles. The van der Waals surface area contributed by atoms with Crippen molar-refractivity contribution in [1.29, 1.82) is 0 Å². The summed E-state index contributed by atoms with van der Waals surface area (Å²) in [6.07, 6.45) is -4.22. The van der Waals surface area contributed by atoms with Gasteiger partial charge >= 0.3 is 6.18 Å². The van der Waals surface area contributed by atoms with Crippen molar-refractivity contribution >= 4 is 17.6 Å². The molecule has 0 saturated carbocycles. The van der Waals surface area contributed by atoms with Crippen LogP contribution in [0, 0.1) is 11.2 Å². The van der Waals surface area contributed by atoms with E-state index in [0.717, 1.165) is 29.2 Å². The van der Waals surface area contributed by atoms with Crippen molar-refractivity contribution in [3.63, 3.8) is 0 Å². The van der Waals surface area contributed by atoms with E-state index in [1.807, 2.05) is 0 Å². The van der Waals surface area contributed by atoms with Gasteiger partial charge in [0.1, 0.15) is 11.6 Å². The van der Waals surface area contributed by atoms with E-state index in [4.69, 9.17) is 4.42 Å². The lowest BCUT2D eigenvalue weighted by Gasteiger charge is -2.35. The van der Waals surface area contributed by atoms with Gasteiger partial charge in [0.2, 0.25) is 5.54 Å². The fourth-order valence-electron chi connectivity index (χ4n) is 4.40. The van der Waals surface area contributed by atoms with Crippen LogP contribution in [0.25, 0.3) is 0 Å². The van der Waals surface area contributed by atoms with Gasteiger partial charge in [0.05, 0.1) is 18.4 Å². The van der Waals surface area contributed by atoms with Gasteiger partial charge in [0, 0.05) is 17.7 Å². The number of amides is 2. The third kappa shape index (κ3) is 3.73. The molecular weight excluding hydrogens is 444 g/mol. The maximum Gasteiger partial charge on any atom is 0.425 e. The van der Waals surface area contributed by atoms with Crippen LogP contribution in [0.2, 0.25) is 0 Å². The summed E-state index contributed by atoms with van der Waals surface area (Å²) in [4.78, 5) is 40.1. The molecule has 1 aliphatic heterocycles. The minimum absolute atomic E-state index is 0.0186. The third-order valence-corrected chi connectivity index (χ3v) is 5.85. The zero-order valence-electron chi connectivity index (χ0n) is 17.8. The zero-order chi connectivity index (χ0) is 24.2. The fourth-order valence-corrected chi connectivity index (χ4v) is 4.40. The maximum absolute atomic E-state index is 14.7. The molecule has 2 heterocycles. The summed E-state index contributed by atoms with van der Waals surface area (Å²) in [5.74, 6) is -4.08. The SMILES string of the molecule is CC1(C)CC(=O)C2=C(C1)N(Cc1ccco1)C(=O)[C@]2(NC(=O)c1ccc(F)cc1)C(F)(F)F. The van der Waals surface area contributed by atoms with Crippen molar-refractivity contribution in [3.05, 3.63) is 71.1 Å². The monoisotopic (exact) mass is 464 g/mol. The van der Waals surface area contributed by atoms with Gasteiger partial charge < -0.3 is 14.6 Å². The first kappa shape index (κ1) is 22.8. The molecule has 1 aliphatic carbocycles. The summed E-state index contributed by atoms with van der Waals surface area (Å²) >= 11 is 0. The number of allylic oxidation sites excluding steroid dienone is 1. The first-order valence-corrected chi connectivity index (χ1v) is 10.1. The normalized spacial score (nSPS) is 22.5. The number of hydrogen-bond donors (Lipinski definition) is 1. The smallest absolute Gasteiger partial charge is 0.425 e. The number of ketones is 1. The molecule has 1 aromatic carbocycles. The molecule has 0 radical (unpaired) electrons. The number of nitrogens with zero attached hydrogens (tertiary/aromatic N) is 1. The predicted octanol–water partition coefficient (Wildman–Crippen LogP) is 4.14. The van der Waals surface area contributed by atoms with Crippen molar-refractivity contribution in [2.75, 3.05) is 0 Å². The van der Waals surface area contributed by atoms with E-state index < -0.39 is 46.1 Å². The number of furan rings is 1. The molecule has 33 heavy (non-hydrogen) atoms. The van der Waals surface area contributed by atoms with Crippen molar-refractivity contribution < 1.29 is 36.4 Å². The van der Waals surface area contributed by atoms with Crippen molar-refractivity contribution in [2.45, 2.75) is 44.9 Å². The minimum atomic E-state index is -5.32. The Kier molecular flexibility index (Phi) is 5.22. The summed E-state index contributed by atoms with van der Waals surface area (Å²) < 4.78 is 62.4. The Balaban J connectivity index is 1.86. The third-order valence-electron chi connectivity index (χ3n) is 5.85. The Bertz CT molecular complexity index is 1150. The number of benzene rings is 1. The summed E-state index contributed by atoms with van der Waals surface area (Å²) in [5.41, 5.74) is -5.41. The average molecular weight is 464 g/mol. The van der Waals surface area contributed by atoms with E-state index in [-0.39, 0.29) is 36.4 Å². The van der Waals surface area contributed by atoms with E-state index >= 15 is 0 Å². The Hall–Kier alpha value is -3.43. The molecule has 1 aromatic heterocycles. The predicted molar refractivity (Wildman–Crippen MR) is 107 cm³/mol. The number of alkyl halides is 3. The first-order chi connectivity index (χ1) is 15.4. The number of halogens is 4. The molecule has 2 amide bonds. The van der Waals surface area contributed by atoms with Gasteiger partial charge in [-0.1, -0.05) is 13.8 Å². The molecule has 0 spiro atoms. The number of hydrogen-bond acceptors (Lipinski definition) is 4. The molecule has 0 fully saturated rings. The van der Waals surface area contributed by atoms with Crippen LogP contribution < -0.4 is 5.32 Å². The largest absolute Gasteiger partial charge is 0.467 e. The standard InChI is InChI=1S/C23H20F4N2O4/c1-21(2)10-16-18(17(30)11-21)22(23(25,26)27,20(32)29(16)12-15-4-3-9-33-15)28-19(31)13-5-7-14(24)8-6-13/h3-9H,10-12H2,1-2H3,(H,28,31)/t22-/m0/s1. The molecular formula is C23H20F4N2O4. The summed E-state index contributed by atoms with van der Waals surface area (Å²) in [6.45, 7) is 3.10. The van der Waals surface area contributed by atoms with Gasteiger partial charge in [-0.3, -0.25) is 14.4 Å². The van der Waals surface area contributed by atoms with E-state index in [9.17, 15) is 31.9 Å². The van der Waals surface area contributed by atoms with Crippen molar-refractivity contribution in [2.24, 2.45) is 5.41 Å². The molecule has 174 valence electrons. The van der Waals surface area contributed by atoms with Crippen LogP contribution >= 0.6 is 0 Å². The second kappa shape index (κ2) is 7.57. The summed E-state index contributed by atoms with van der Waals surface area (Å²) in [6, 6.07) is 6.83. The molecule has 0 unspecified atom stereocenters. The second-order valence-corrected chi connectivity index (χ2v) is 8.94. The van der Waals surface area contributed by atoms with Gasteiger partial charge in [-0.25, -0.2) is 4.39 Å². The highest BCUT2D eigenvalue weighted by Crippen LogP contribution is 2.52. The van der Waals surface area contributed by atoms with Crippen molar-refractivity contribution in [3.8, 4) is 0 Å². The highest BCUT2D eigenvalue weighted by atomic mass is 19.4. The van der Waals surface area contributed by atoms with Crippen LogP contribution in [-0.2, 0) is 16.1 Å². The Morgan fingerprint density at radius 2 is 1.79 bits per heavy atom. The van der Waals surface area contributed by atoms with E-state index in [2.05, 4.69) is 0 Å². The van der Waals surface area contributed by atoms with Crippen molar-refractivity contribution in [1.82, 2.24) is 10.2 Å². The fraction of sp³-hybridized carbons (Fsp3) is 0.348. The van der Waals surface area contributed by atoms with Crippen LogP contribution in [0.1, 0.15) is 42.8 Å². The molecule has 6 nitrogen and oxygen atoms in total. The van der Waals surface area contributed by atoms with Gasteiger partial charge in [-0.05, 0) is 48.2 Å². The zero-order valence-corrected chi connectivity index (χ0v) is 17.8. The molecule has 2 aromatic rings. The van der Waals surface area contributed by atoms with Gasteiger partial charge in [-0.2, -0.15) is 13.2 Å². The summed E-state index contributed by atoms with van der Waals surface area (Å²) in [5, 5.41) is 1.80. The number of rotatable bonds is 4. The topological polar surface area (TPSA) is 79.6 Å². The molecule has 1 N–H and O–H groups in total. The maximum atomic E-state index is 14.7. The number of Topliss-reactive ketones (excluding diaryl/α,β-unsaturated/α-hetero) is 1. The number of carbonyl (C=O) groups is 3. The second-order valence-electron chi connectivity index (χ2n) is 8.94. The van der Waals surface area contributed by atoms with Gasteiger partial charge in [0.25, 0.3) is 11.8 Å². The van der Waals surface area contributed by atoms with Crippen LogP contribution in [0.4, 0.5) is 17.6 Å². The van der Waals surface area contributed by atoms with Crippen LogP contribution in [0.3, 0.4) is 0 Å². The molecule has 4 rings (SSSR count). The number of carbonyl (C=O) groups excluding carboxylic acids is 3. The molecule has 0 bridgehead atoms.